The van der Waals surface area contributed by atoms with Crippen molar-refractivity contribution in [1.82, 2.24) is 0 Å². The first-order chi connectivity index (χ1) is 35.0. The molecule has 416 valence electrons. The summed E-state index contributed by atoms with van der Waals surface area (Å²) in [6.45, 7) is 6.66. The van der Waals surface area contributed by atoms with E-state index in [1.807, 2.05) is 0 Å². The summed E-state index contributed by atoms with van der Waals surface area (Å²) in [5.41, 5.74) is 0. The van der Waals surface area contributed by atoms with Gasteiger partial charge in [-0.05, 0) is 77.0 Å². The third-order valence-electron chi connectivity index (χ3n) is 14.1. The molecular weight excluding hydrogens is 877 g/mol. The van der Waals surface area contributed by atoms with E-state index in [0.29, 0.717) is 19.3 Å². The number of allylic oxidation sites excluding steroid dienone is 6. The molecule has 0 fully saturated rings. The van der Waals surface area contributed by atoms with E-state index < -0.39 is 6.10 Å². The minimum atomic E-state index is -0.776. The van der Waals surface area contributed by atoms with Crippen LogP contribution in [0.2, 0.25) is 0 Å². The van der Waals surface area contributed by atoms with Crippen LogP contribution < -0.4 is 0 Å². The molecular formula is C65H120O6. The summed E-state index contributed by atoms with van der Waals surface area (Å²) in [4.78, 5) is 38.3. The number of carbonyl (C=O) groups excluding carboxylic acids is 3. The summed E-state index contributed by atoms with van der Waals surface area (Å²) in [5.74, 6) is -0.862. The van der Waals surface area contributed by atoms with Crippen molar-refractivity contribution < 1.29 is 28.6 Å². The van der Waals surface area contributed by atoms with E-state index in [1.165, 1.54) is 231 Å². The van der Waals surface area contributed by atoms with E-state index in [0.717, 1.165) is 70.6 Å². The van der Waals surface area contributed by atoms with Gasteiger partial charge in [0.2, 0.25) is 0 Å². The summed E-state index contributed by atoms with van der Waals surface area (Å²) in [5, 5.41) is 0. The Labute approximate surface area is 442 Å². The Hall–Kier alpha value is -2.37. The second-order valence-electron chi connectivity index (χ2n) is 21.3. The van der Waals surface area contributed by atoms with Gasteiger partial charge in [-0.2, -0.15) is 0 Å². The summed E-state index contributed by atoms with van der Waals surface area (Å²) < 4.78 is 16.9. The molecule has 0 bridgehead atoms. The number of hydrogen-bond acceptors (Lipinski definition) is 6. The highest BCUT2D eigenvalue weighted by Crippen LogP contribution is 2.17. The first-order valence-electron chi connectivity index (χ1n) is 31.5. The summed E-state index contributed by atoms with van der Waals surface area (Å²) in [7, 11) is 0. The van der Waals surface area contributed by atoms with Crippen molar-refractivity contribution >= 4 is 17.9 Å². The zero-order valence-corrected chi connectivity index (χ0v) is 47.8. The Morgan fingerprint density at radius 1 is 0.282 bits per heavy atom. The maximum atomic E-state index is 12.9. The summed E-state index contributed by atoms with van der Waals surface area (Å²) in [6.07, 6.45) is 72.8. The molecule has 0 aliphatic rings. The number of esters is 3. The Bertz CT molecular complexity index is 1190. The lowest BCUT2D eigenvalue weighted by Crippen LogP contribution is -2.30. The van der Waals surface area contributed by atoms with Crippen molar-refractivity contribution in [2.75, 3.05) is 13.2 Å². The van der Waals surface area contributed by atoms with Gasteiger partial charge in [-0.15, -0.1) is 0 Å². The third kappa shape index (κ3) is 58.4. The summed E-state index contributed by atoms with van der Waals surface area (Å²) >= 11 is 0. The Kier molecular flexibility index (Phi) is 58.2. The lowest BCUT2D eigenvalue weighted by Gasteiger charge is -2.18. The van der Waals surface area contributed by atoms with Crippen LogP contribution in [0.3, 0.4) is 0 Å². The van der Waals surface area contributed by atoms with E-state index in [2.05, 4.69) is 57.2 Å². The Morgan fingerprint density at radius 2 is 0.507 bits per heavy atom. The number of ether oxygens (including phenoxy) is 3. The maximum absolute atomic E-state index is 12.9. The minimum Gasteiger partial charge on any atom is -0.462 e. The van der Waals surface area contributed by atoms with Crippen LogP contribution in [0.5, 0.6) is 0 Å². The molecule has 0 aromatic heterocycles. The Balaban J connectivity index is 4.34. The highest BCUT2D eigenvalue weighted by Gasteiger charge is 2.19. The molecule has 0 spiro atoms. The monoisotopic (exact) mass is 997 g/mol. The van der Waals surface area contributed by atoms with Gasteiger partial charge in [-0.1, -0.05) is 282 Å². The molecule has 0 saturated carbocycles. The largest absolute Gasteiger partial charge is 0.462 e. The fourth-order valence-electron chi connectivity index (χ4n) is 9.35. The van der Waals surface area contributed by atoms with Gasteiger partial charge in [0, 0.05) is 19.3 Å². The van der Waals surface area contributed by atoms with Crippen LogP contribution in [0.15, 0.2) is 36.5 Å². The van der Waals surface area contributed by atoms with Crippen LogP contribution in [0, 0.1) is 0 Å². The van der Waals surface area contributed by atoms with Crippen molar-refractivity contribution in [2.45, 2.75) is 348 Å². The molecule has 0 rings (SSSR count). The van der Waals surface area contributed by atoms with Gasteiger partial charge in [0.05, 0.1) is 0 Å². The maximum Gasteiger partial charge on any atom is 0.306 e. The molecule has 0 aliphatic heterocycles. The lowest BCUT2D eigenvalue weighted by molar-refractivity contribution is -0.167. The van der Waals surface area contributed by atoms with Crippen molar-refractivity contribution in [3.8, 4) is 0 Å². The number of unbranched alkanes of at least 4 members (excludes halogenated alkanes) is 41. The molecule has 1 atom stereocenters. The SMILES string of the molecule is CCCCC/C=C\C/C=C\CCCCCCCCCC(=O)O[C@H](COC(=O)CCCCCCCCC/C=C\CCCCCCCC)COC(=O)CCCCCCCCCCCCCCCCCCCCC. The topological polar surface area (TPSA) is 78.9 Å². The molecule has 0 aromatic carbocycles. The molecule has 0 N–H and O–H groups in total. The first kappa shape index (κ1) is 68.6. The Morgan fingerprint density at radius 3 is 0.817 bits per heavy atom. The van der Waals surface area contributed by atoms with Gasteiger partial charge in [0.15, 0.2) is 6.10 Å². The van der Waals surface area contributed by atoms with Gasteiger partial charge in [-0.3, -0.25) is 14.4 Å². The van der Waals surface area contributed by atoms with Gasteiger partial charge >= 0.3 is 17.9 Å². The second-order valence-corrected chi connectivity index (χ2v) is 21.3. The average molecular weight is 998 g/mol. The van der Waals surface area contributed by atoms with Crippen molar-refractivity contribution in [3.05, 3.63) is 36.5 Å². The molecule has 0 unspecified atom stereocenters. The van der Waals surface area contributed by atoms with Crippen LogP contribution in [-0.4, -0.2) is 37.2 Å². The van der Waals surface area contributed by atoms with Gasteiger partial charge in [-0.25, -0.2) is 0 Å². The zero-order valence-electron chi connectivity index (χ0n) is 47.8. The van der Waals surface area contributed by atoms with E-state index in [-0.39, 0.29) is 31.1 Å². The predicted octanol–water partition coefficient (Wildman–Crippen LogP) is 21.2. The van der Waals surface area contributed by atoms with E-state index >= 15 is 0 Å². The highest BCUT2D eigenvalue weighted by molar-refractivity contribution is 5.71. The highest BCUT2D eigenvalue weighted by atomic mass is 16.6. The molecule has 0 saturated heterocycles. The predicted molar refractivity (Wildman–Crippen MR) is 307 cm³/mol. The van der Waals surface area contributed by atoms with Gasteiger partial charge in [0.1, 0.15) is 13.2 Å². The van der Waals surface area contributed by atoms with Crippen LogP contribution in [-0.2, 0) is 28.6 Å². The molecule has 0 heterocycles. The van der Waals surface area contributed by atoms with Gasteiger partial charge in [0.25, 0.3) is 0 Å². The zero-order chi connectivity index (χ0) is 51.4. The van der Waals surface area contributed by atoms with Gasteiger partial charge < -0.3 is 14.2 Å². The lowest BCUT2D eigenvalue weighted by atomic mass is 10.0. The summed E-state index contributed by atoms with van der Waals surface area (Å²) in [6, 6.07) is 0. The van der Waals surface area contributed by atoms with Crippen molar-refractivity contribution in [2.24, 2.45) is 0 Å². The fraction of sp³-hybridized carbons (Fsp3) is 0.862. The average Bonchev–Trinajstić information content (AvgIpc) is 3.37. The smallest absolute Gasteiger partial charge is 0.306 e. The van der Waals surface area contributed by atoms with Crippen LogP contribution in [0.4, 0.5) is 0 Å². The van der Waals surface area contributed by atoms with Crippen LogP contribution in [0.1, 0.15) is 342 Å². The van der Waals surface area contributed by atoms with Crippen molar-refractivity contribution in [3.63, 3.8) is 0 Å². The molecule has 0 aromatic rings. The first-order valence-corrected chi connectivity index (χ1v) is 31.5. The molecule has 0 radical (unpaired) electrons. The second kappa shape index (κ2) is 60.2. The van der Waals surface area contributed by atoms with E-state index in [9.17, 15) is 14.4 Å². The standard InChI is InChI=1S/C65H120O6/c1-4-7-10-13-16-19-22-25-28-31-32-35-37-40-43-46-49-52-55-58-64(67)70-61-62(71-65(68)59-56-53-50-47-44-41-38-34-30-27-24-21-18-15-12-9-6-3)60-69-63(66)57-54-51-48-45-42-39-36-33-29-26-23-20-17-14-11-8-5-2/h18,21,26-27,29-30,62H,4-17,19-20,22-25,28,31-61H2,1-3H3/b21-18-,29-26-,30-27-/t62-/m1/s1. The normalized spacial score (nSPS) is 12.2. The quantitative estimate of drug-likeness (QED) is 0.0261. The molecule has 0 amide bonds. The van der Waals surface area contributed by atoms with Crippen LogP contribution in [0.25, 0.3) is 0 Å². The number of hydrogen-bond donors (Lipinski definition) is 0. The molecule has 6 heteroatoms. The van der Waals surface area contributed by atoms with Crippen LogP contribution >= 0.6 is 0 Å². The van der Waals surface area contributed by atoms with E-state index in [1.54, 1.807) is 0 Å². The van der Waals surface area contributed by atoms with E-state index in [4.69, 9.17) is 14.2 Å². The fourth-order valence-corrected chi connectivity index (χ4v) is 9.35. The molecule has 6 nitrogen and oxygen atoms in total. The number of carbonyl (C=O) groups is 3. The minimum absolute atomic E-state index is 0.0726. The number of rotatable bonds is 58. The third-order valence-corrected chi connectivity index (χ3v) is 14.1. The molecule has 0 aliphatic carbocycles. The van der Waals surface area contributed by atoms with Crippen molar-refractivity contribution in [1.29, 1.82) is 0 Å². The molecule has 71 heavy (non-hydrogen) atoms.